The first-order valence-corrected chi connectivity index (χ1v) is 8.77. The molecule has 0 spiro atoms. The van der Waals surface area contributed by atoms with Crippen LogP contribution in [0.25, 0.3) is 0 Å². The number of nitrogens with zero attached hydrogens (tertiary/aromatic N) is 4. The quantitative estimate of drug-likeness (QED) is 0.842. The molecule has 0 saturated carbocycles. The largest absolute Gasteiger partial charge is 0.352 e. The summed E-state index contributed by atoms with van der Waals surface area (Å²) in [4.78, 5) is 16.5. The van der Waals surface area contributed by atoms with Gasteiger partial charge in [0.2, 0.25) is 0 Å². The Morgan fingerprint density at radius 3 is 2.64 bits per heavy atom. The van der Waals surface area contributed by atoms with E-state index in [4.69, 9.17) is 0 Å². The molecule has 1 saturated heterocycles. The second-order valence-corrected chi connectivity index (χ2v) is 6.77. The minimum atomic E-state index is -0.335. The Kier molecular flexibility index (Phi) is 4.11. The molecule has 4 rings (SSSR count). The summed E-state index contributed by atoms with van der Waals surface area (Å²) in [5.74, 6) is 0.450. The SMILES string of the molecule is Cc1ccc(C(=O)N2CCN(c3cc4c(nn3)CCC4)CC2)cc1F. The Labute approximate surface area is 146 Å². The topological polar surface area (TPSA) is 49.3 Å². The second-order valence-electron chi connectivity index (χ2n) is 6.77. The average Bonchev–Trinajstić information content (AvgIpc) is 3.11. The maximum Gasteiger partial charge on any atom is 0.254 e. The summed E-state index contributed by atoms with van der Waals surface area (Å²) in [6.07, 6.45) is 3.26. The van der Waals surface area contributed by atoms with E-state index in [0.717, 1.165) is 30.8 Å². The third-order valence-electron chi connectivity index (χ3n) is 5.12. The lowest BCUT2D eigenvalue weighted by atomic mass is 10.1. The van der Waals surface area contributed by atoms with Crippen LogP contribution in [-0.4, -0.2) is 47.2 Å². The van der Waals surface area contributed by atoms with Crippen molar-refractivity contribution in [2.75, 3.05) is 31.1 Å². The summed E-state index contributed by atoms with van der Waals surface area (Å²) in [5.41, 5.74) is 3.39. The van der Waals surface area contributed by atoms with Crippen LogP contribution in [0.2, 0.25) is 0 Å². The number of fused-ring (bicyclic) bond motifs is 1. The molecular weight excluding hydrogens is 319 g/mol. The number of rotatable bonds is 2. The zero-order chi connectivity index (χ0) is 17.4. The van der Waals surface area contributed by atoms with Gasteiger partial charge in [-0.05, 0) is 55.5 Å². The first-order valence-electron chi connectivity index (χ1n) is 8.77. The van der Waals surface area contributed by atoms with Crippen molar-refractivity contribution in [1.82, 2.24) is 15.1 Å². The number of carbonyl (C=O) groups excluding carboxylic acids is 1. The number of carbonyl (C=O) groups is 1. The summed E-state index contributed by atoms with van der Waals surface area (Å²) in [6.45, 7) is 4.33. The number of hydrogen-bond donors (Lipinski definition) is 0. The Hall–Kier alpha value is -2.50. The Morgan fingerprint density at radius 1 is 1.08 bits per heavy atom. The van der Waals surface area contributed by atoms with Gasteiger partial charge >= 0.3 is 0 Å². The zero-order valence-electron chi connectivity index (χ0n) is 14.3. The van der Waals surface area contributed by atoms with E-state index in [0.29, 0.717) is 37.3 Å². The highest BCUT2D eigenvalue weighted by Gasteiger charge is 2.24. The molecular formula is C19H21FN4O. The highest BCUT2D eigenvalue weighted by atomic mass is 19.1. The second kappa shape index (κ2) is 6.43. The Balaban J connectivity index is 1.42. The molecule has 1 fully saturated rings. The Bertz CT molecular complexity index is 815. The predicted octanol–water partition coefficient (Wildman–Crippen LogP) is 2.38. The summed E-state index contributed by atoms with van der Waals surface area (Å²) in [7, 11) is 0. The minimum absolute atomic E-state index is 0.112. The Morgan fingerprint density at radius 2 is 1.88 bits per heavy atom. The van der Waals surface area contributed by atoms with Gasteiger partial charge < -0.3 is 9.80 Å². The molecule has 6 heteroatoms. The van der Waals surface area contributed by atoms with Crippen molar-refractivity contribution < 1.29 is 9.18 Å². The van der Waals surface area contributed by atoms with Crippen LogP contribution in [0.1, 0.15) is 33.6 Å². The van der Waals surface area contributed by atoms with Gasteiger partial charge in [0.05, 0.1) is 5.69 Å². The monoisotopic (exact) mass is 340 g/mol. The first kappa shape index (κ1) is 16.0. The maximum atomic E-state index is 13.7. The van der Waals surface area contributed by atoms with Gasteiger partial charge in [0.1, 0.15) is 5.82 Å². The van der Waals surface area contributed by atoms with Crippen LogP contribution < -0.4 is 4.90 Å². The van der Waals surface area contributed by atoms with Crippen LogP contribution in [0.5, 0.6) is 0 Å². The lowest BCUT2D eigenvalue weighted by Gasteiger charge is -2.35. The van der Waals surface area contributed by atoms with E-state index in [1.54, 1.807) is 24.0 Å². The third-order valence-corrected chi connectivity index (χ3v) is 5.12. The highest BCUT2D eigenvalue weighted by Crippen LogP contribution is 2.23. The van der Waals surface area contributed by atoms with Crippen molar-refractivity contribution in [2.45, 2.75) is 26.2 Å². The molecule has 5 nitrogen and oxygen atoms in total. The van der Waals surface area contributed by atoms with E-state index in [2.05, 4.69) is 21.2 Å². The summed E-state index contributed by atoms with van der Waals surface area (Å²) in [6, 6.07) is 6.82. The number of anilines is 1. The lowest BCUT2D eigenvalue weighted by Crippen LogP contribution is -2.49. The molecule has 0 radical (unpaired) electrons. The van der Waals surface area contributed by atoms with Crippen molar-refractivity contribution in [1.29, 1.82) is 0 Å². The molecule has 0 bridgehead atoms. The maximum absolute atomic E-state index is 13.7. The van der Waals surface area contributed by atoms with Gasteiger partial charge in [-0.25, -0.2) is 4.39 Å². The summed E-state index contributed by atoms with van der Waals surface area (Å²) in [5, 5.41) is 8.69. The predicted molar refractivity (Wildman–Crippen MR) is 93.3 cm³/mol. The van der Waals surface area contributed by atoms with Crippen molar-refractivity contribution in [3.8, 4) is 0 Å². The van der Waals surface area contributed by atoms with Crippen molar-refractivity contribution in [3.63, 3.8) is 0 Å². The molecule has 2 aliphatic rings. The first-order chi connectivity index (χ1) is 12.1. The van der Waals surface area contributed by atoms with Gasteiger partial charge in [0.25, 0.3) is 5.91 Å². The number of benzene rings is 1. The van der Waals surface area contributed by atoms with Crippen LogP contribution in [-0.2, 0) is 12.8 Å². The lowest BCUT2D eigenvalue weighted by molar-refractivity contribution is 0.0746. The fourth-order valence-electron chi connectivity index (χ4n) is 3.52. The van der Waals surface area contributed by atoms with E-state index in [1.807, 2.05) is 0 Å². The minimum Gasteiger partial charge on any atom is -0.352 e. The smallest absolute Gasteiger partial charge is 0.254 e. The molecule has 1 aromatic heterocycles. The standard InChI is InChI=1S/C19H21FN4O/c1-13-5-6-15(11-16(13)20)19(25)24-9-7-23(8-10-24)18-12-14-3-2-4-17(14)21-22-18/h5-6,11-12H,2-4,7-10H2,1H3. The number of amides is 1. The highest BCUT2D eigenvalue weighted by molar-refractivity contribution is 5.94. The molecule has 1 amide bonds. The molecule has 2 heterocycles. The van der Waals surface area contributed by atoms with Crippen LogP contribution in [0.4, 0.5) is 10.2 Å². The van der Waals surface area contributed by atoms with Crippen LogP contribution >= 0.6 is 0 Å². The normalized spacial score (nSPS) is 16.9. The number of piperazine rings is 1. The van der Waals surface area contributed by atoms with Crippen LogP contribution in [0, 0.1) is 12.7 Å². The van der Waals surface area contributed by atoms with Gasteiger partial charge in [-0.3, -0.25) is 4.79 Å². The molecule has 0 atom stereocenters. The summed E-state index contributed by atoms with van der Waals surface area (Å²) >= 11 is 0. The molecule has 1 aliphatic heterocycles. The van der Waals surface area contributed by atoms with Gasteiger partial charge in [0, 0.05) is 31.7 Å². The van der Waals surface area contributed by atoms with Gasteiger partial charge in [0.15, 0.2) is 5.82 Å². The number of aryl methyl sites for hydroxylation is 3. The number of aromatic nitrogens is 2. The number of halogens is 1. The average molecular weight is 340 g/mol. The van der Waals surface area contributed by atoms with Gasteiger partial charge in [-0.15, -0.1) is 5.10 Å². The molecule has 0 unspecified atom stereocenters. The van der Waals surface area contributed by atoms with E-state index in [-0.39, 0.29) is 11.7 Å². The van der Waals surface area contributed by atoms with Crippen molar-refractivity contribution in [2.24, 2.45) is 0 Å². The van der Waals surface area contributed by atoms with E-state index in [1.165, 1.54) is 11.6 Å². The van der Waals surface area contributed by atoms with Crippen LogP contribution in [0.15, 0.2) is 24.3 Å². The van der Waals surface area contributed by atoms with Crippen molar-refractivity contribution >= 4 is 11.7 Å². The third kappa shape index (κ3) is 3.08. The van der Waals surface area contributed by atoms with Gasteiger partial charge in [-0.2, -0.15) is 5.10 Å². The molecule has 0 N–H and O–H groups in total. The zero-order valence-corrected chi connectivity index (χ0v) is 14.3. The fourth-order valence-corrected chi connectivity index (χ4v) is 3.52. The molecule has 1 aromatic carbocycles. The summed E-state index contributed by atoms with van der Waals surface area (Å²) < 4.78 is 13.7. The molecule has 2 aromatic rings. The van der Waals surface area contributed by atoms with E-state index < -0.39 is 0 Å². The van der Waals surface area contributed by atoms with Gasteiger partial charge in [-0.1, -0.05) is 6.07 Å². The molecule has 130 valence electrons. The van der Waals surface area contributed by atoms with E-state index >= 15 is 0 Å². The van der Waals surface area contributed by atoms with Crippen molar-refractivity contribution in [3.05, 3.63) is 52.5 Å². The molecule has 25 heavy (non-hydrogen) atoms. The number of hydrogen-bond acceptors (Lipinski definition) is 4. The van der Waals surface area contributed by atoms with Crippen LogP contribution in [0.3, 0.4) is 0 Å². The van der Waals surface area contributed by atoms with E-state index in [9.17, 15) is 9.18 Å². The molecule has 1 aliphatic carbocycles. The fraction of sp³-hybridized carbons (Fsp3) is 0.421.